The van der Waals surface area contributed by atoms with Crippen molar-refractivity contribution in [2.24, 2.45) is 0 Å². The highest BCUT2D eigenvalue weighted by molar-refractivity contribution is 6.46. The van der Waals surface area contributed by atoms with Crippen molar-refractivity contribution in [1.82, 2.24) is 4.90 Å². The predicted octanol–water partition coefficient (Wildman–Crippen LogP) is 6.62. The van der Waals surface area contributed by atoms with Gasteiger partial charge in [0.2, 0.25) is 0 Å². The minimum Gasteiger partial charge on any atom is -0.507 e. The molecule has 1 saturated heterocycles. The van der Waals surface area contributed by atoms with Crippen LogP contribution in [0.15, 0.2) is 72.3 Å². The summed E-state index contributed by atoms with van der Waals surface area (Å²) >= 11 is 0. The quantitative estimate of drug-likeness (QED) is 0.236. The van der Waals surface area contributed by atoms with Gasteiger partial charge in [0.05, 0.1) is 18.2 Å². The Morgan fingerprint density at radius 3 is 2.14 bits per heavy atom. The maximum atomic E-state index is 13.4. The summed E-state index contributed by atoms with van der Waals surface area (Å²) in [5, 5.41) is 11.4. The third kappa shape index (κ3) is 5.31. The Hall–Kier alpha value is -3.86. The van der Waals surface area contributed by atoms with Crippen LogP contribution >= 0.6 is 0 Å². The van der Waals surface area contributed by atoms with Crippen LogP contribution < -0.4 is 4.74 Å². The third-order valence-electron chi connectivity index (χ3n) is 7.00. The molecule has 0 radical (unpaired) electrons. The molecule has 0 bridgehead atoms. The van der Waals surface area contributed by atoms with Gasteiger partial charge >= 0.3 is 0 Å². The summed E-state index contributed by atoms with van der Waals surface area (Å²) in [6.07, 6.45) is 0. The lowest BCUT2D eigenvalue weighted by Crippen LogP contribution is -2.29. The summed E-state index contributed by atoms with van der Waals surface area (Å²) in [5.41, 5.74) is 5.48. The maximum Gasteiger partial charge on any atom is 0.295 e. The highest BCUT2D eigenvalue weighted by Crippen LogP contribution is 2.41. The normalized spacial score (nSPS) is 17.4. The van der Waals surface area contributed by atoms with Gasteiger partial charge in [-0.25, -0.2) is 0 Å². The Balaban J connectivity index is 1.82. The minimum absolute atomic E-state index is 0.0396. The molecule has 0 aliphatic carbocycles. The fraction of sp³-hybridized carbons (Fsp3) is 0.312. The molecule has 5 nitrogen and oxygen atoms in total. The van der Waals surface area contributed by atoms with Gasteiger partial charge in [0.15, 0.2) is 0 Å². The van der Waals surface area contributed by atoms with Crippen LogP contribution in [-0.2, 0) is 21.5 Å². The number of carbonyl (C=O) groups is 2. The highest BCUT2D eigenvalue weighted by Gasteiger charge is 2.46. The monoisotopic (exact) mass is 497 g/mol. The van der Waals surface area contributed by atoms with Gasteiger partial charge in [0.25, 0.3) is 11.7 Å². The van der Waals surface area contributed by atoms with Crippen molar-refractivity contribution in [3.05, 3.63) is 106 Å². The van der Waals surface area contributed by atoms with E-state index in [1.54, 1.807) is 11.0 Å². The average molecular weight is 498 g/mol. The summed E-state index contributed by atoms with van der Waals surface area (Å²) in [6, 6.07) is 20.3. The number of likely N-dealkylation sites (tertiary alicyclic amines) is 1. The first-order chi connectivity index (χ1) is 17.5. The number of nitrogens with zero attached hydrogens (tertiary/aromatic N) is 1. The first-order valence-corrected chi connectivity index (χ1v) is 12.7. The number of benzene rings is 3. The molecule has 1 atom stereocenters. The summed E-state index contributed by atoms with van der Waals surface area (Å²) < 4.78 is 5.54. The van der Waals surface area contributed by atoms with E-state index in [0.717, 1.165) is 33.6 Å². The van der Waals surface area contributed by atoms with E-state index in [2.05, 4.69) is 20.8 Å². The Morgan fingerprint density at radius 1 is 0.919 bits per heavy atom. The SMILES string of the molecule is CCOc1ccc(CN2C(=O)C(=O)/C(=C(\O)c3ccc(C)c(C)c3)C2c2ccc(C(C)(C)C)cc2)cc1. The number of hydrogen-bond donors (Lipinski definition) is 1. The molecule has 0 spiro atoms. The van der Waals surface area contributed by atoms with Gasteiger partial charge in [-0.1, -0.05) is 69.3 Å². The number of ketones is 1. The molecule has 37 heavy (non-hydrogen) atoms. The van der Waals surface area contributed by atoms with E-state index < -0.39 is 17.7 Å². The van der Waals surface area contributed by atoms with E-state index in [-0.39, 0.29) is 23.3 Å². The van der Waals surface area contributed by atoms with Crippen LogP contribution in [0.1, 0.15) is 67.1 Å². The lowest BCUT2D eigenvalue weighted by atomic mass is 9.85. The lowest BCUT2D eigenvalue weighted by molar-refractivity contribution is -0.140. The van der Waals surface area contributed by atoms with Crippen molar-refractivity contribution in [2.45, 2.75) is 59.5 Å². The van der Waals surface area contributed by atoms with Gasteiger partial charge in [-0.15, -0.1) is 0 Å². The minimum atomic E-state index is -0.706. The molecule has 1 heterocycles. The zero-order chi connectivity index (χ0) is 26.9. The number of carbonyl (C=O) groups excluding carboxylic acids is 2. The van der Waals surface area contributed by atoms with Crippen molar-refractivity contribution in [1.29, 1.82) is 0 Å². The van der Waals surface area contributed by atoms with Crippen LogP contribution in [0.5, 0.6) is 5.75 Å². The first kappa shape index (κ1) is 26.2. The molecule has 1 amide bonds. The van der Waals surface area contributed by atoms with Crippen molar-refractivity contribution in [3.8, 4) is 5.75 Å². The summed E-state index contributed by atoms with van der Waals surface area (Å²) in [4.78, 5) is 28.3. The number of aliphatic hydroxyl groups excluding tert-OH is 1. The smallest absolute Gasteiger partial charge is 0.295 e. The summed E-state index contributed by atoms with van der Waals surface area (Å²) in [7, 11) is 0. The molecule has 3 aromatic rings. The second-order valence-electron chi connectivity index (χ2n) is 10.7. The second-order valence-corrected chi connectivity index (χ2v) is 10.7. The molecule has 1 N–H and O–H groups in total. The Morgan fingerprint density at radius 2 is 1.57 bits per heavy atom. The first-order valence-electron chi connectivity index (χ1n) is 12.7. The summed E-state index contributed by atoms with van der Waals surface area (Å²) in [5.74, 6) is -0.700. The standard InChI is InChI=1S/C32H35NO4/c1-7-37-26-16-9-22(10-17-26)19-33-28(23-12-14-25(15-13-23)32(4,5)6)27(30(35)31(33)36)29(34)24-11-8-20(2)21(3)18-24/h8-18,28,34H,7,19H2,1-6H3/b29-27-. The van der Waals surface area contributed by atoms with Crippen LogP contribution in [0.4, 0.5) is 0 Å². The van der Waals surface area contributed by atoms with E-state index in [4.69, 9.17) is 4.74 Å². The molecular formula is C32H35NO4. The zero-order valence-corrected chi connectivity index (χ0v) is 22.5. The fourth-order valence-electron chi connectivity index (χ4n) is 4.65. The third-order valence-corrected chi connectivity index (χ3v) is 7.00. The van der Waals surface area contributed by atoms with Gasteiger partial charge in [-0.3, -0.25) is 9.59 Å². The molecule has 192 valence electrons. The Bertz CT molecular complexity index is 1350. The van der Waals surface area contributed by atoms with Crippen molar-refractivity contribution < 1.29 is 19.4 Å². The van der Waals surface area contributed by atoms with E-state index in [1.807, 2.05) is 81.4 Å². The molecule has 0 aromatic heterocycles. The van der Waals surface area contributed by atoms with Crippen molar-refractivity contribution >= 4 is 17.4 Å². The highest BCUT2D eigenvalue weighted by atomic mass is 16.5. The molecular weight excluding hydrogens is 462 g/mol. The predicted molar refractivity (Wildman–Crippen MR) is 147 cm³/mol. The maximum absolute atomic E-state index is 13.4. The van der Waals surface area contributed by atoms with E-state index >= 15 is 0 Å². The largest absolute Gasteiger partial charge is 0.507 e. The number of Topliss-reactive ketones (excluding diaryl/α,β-unsaturated/α-hetero) is 1. The van der Waals surface area contributed by atoms with Gasteiger partial charge < -0.3 is 14.7 Å². The Labute approximate surface area is 219 Å². The fourth-order valence-corrected chi connectivity index (χ4v) is 4.65. The molecule has 0 saturated carbocycles. The topological polar surface area (TPSA) is 66.8 Å². The molecule has 5 heteroatoms. The van der Waals surface area contributed by atoms with E-state index in [0.29, 0.717) is 12.2 Å². The number of amides is 1. The lowest BCUT2D eigenvalue weighted by Gasteiger charge is -2.27. The number of rotatable bonds is 6. The van der Waals surface area contributed by atoms with Gasteiger partial charge in [-0.2, -0.15) is 0 Å². The van der Waals surface area contributed by atoms with Gasteiger partial charge in [0.1, 0.15) is 11.5 Å². The molecule has 1 aliphatic heterocycles. The molecule has 3 aromatic carbocycles. The van der Waals surface area contributed by atoms with E-state index in [1.165, 1.54) is 0 Å². The molecule has 4 rings (SSSR count). The Kier molecular flexibility index (Phi) is 7.26. The van der Waals surface area contributed by atoms with E-state index in [9.17, 15) is 14.7 Å². The van der Waals surface area contributed by atoms with Crippen LogP contribution in [0.2, 0.25) is 0 Å². The number of aliphatic hydroxyl groups is 1. The number of hydrogen-bond acceptors (Lipinski definition) is 4. The number of aryl methyl sites for hydroxylation is 2. The van der Waals surface area contributed by atoms with Crippen LogP contribution in [0, 0.1) is 13.8 Å². The zero-order valence-electron chi connectivity index (χ0n) is 22.5. The molecule has 1 aliphatic rings. The van der Waals surface area contributed by atoms with Crippen molar-refractivity contribution in [3.63, 3.8) is 0 Å². The van der Waals surface area contributed by atoms with Crippen LogP contribution in [0.25, 0.3) is 5.76 Å². The second kappa shape index (κ2) is 10.3. The number of ether oxygens (including phenoxy) is 1. The van der Waals surface area contributed by atoms with Crippen LogP contribution in [0.3, 0.4) is 0 Å². The summed E-state index contributed by atoms with van der Waals surface area (Å²) in [6.45, 7) is 13.1. The molecule has 1 unspecified atom stereocenters. The van der Waals surface area contributed by atoms with Crippen LogP contribution in [-0.4, -0.2) is 28.3 Å². The van der Waals surface area contributed by atoms with Gasteiger partial charge in [0, 0.05) is 12.1 Å². The molecule has 1 fully saturated rings. The van der Waals surface area contributed by atoms with Gasteiger partial charge in [-0.05, 0) is 72.2 Å². The van der Waals surface area contributed by atoms with Crippen molar-refractivity contribution in [2.75, 3.05) is 6.61 Å². The average Bonchev–Trinajstić information content (AvgIpc) is 3.11.